The number of carbonyl (C=O) groups is 1. The second kappa shape index (κ2) is 16.8. The van der Waals surface area contributed by atoms with Crippen molar-refractivity contribution < 1.29 is 47.4 Å². The normalized spacial score (nSPS) is 28.5. The van der Waals surface area contributed by atoms with Gasteiger partial charge >= 0.3 is 5.97 Å². The molecule has 0 aromatic heterocycles. The number of benzene rings is 4. The number of rotatable bonds is 16. The minimum absolute atomic E-state index is 0.0298. The Kier molecular flexibility index (Phi) is 11.6. The average Bonchev–Trinajstić information content (AvgIpc) is 3.90. The third kappa shape index (κ3) is 8.66. The first kappa shape index (κ1) is 34.5. The Morgan fingerprint density at radius 2 is 1.10 bits per heavy atom. The number of ether oxygens (including phenoxy) is 9. The lowest BCUT2D eigenvalue weighted by Crippen LogP contribution is -2.62. The van der Waals surface area contributed by atoms with Crippen LogP contribution in [0.2, 0.25) is 0 Å². The van der Waals surface area contributed by atoms with Crippen molar-refractivity contribution in [3.05, 3.63) is 144 Å². The van der Waals surface area contributed by atoms with Crippen LogP contribution in [0.5, 0.6) is 0 Å². The van der Waals surface area contributed by atoms with Crippen LogP contribution in [0.1, 0.15) is 27.0 Å². The van der Waals surface area contributed by atoms with Crippen molar-refractivity contribution in [2.24, 2.45) is 0 Å². The zero-order valence-electron chi connectivity index (χ0n) is 27.9. The number of epoxide rings is 1. The molecule has 0 amide bonds. The molecule has 0 aliphatic carbocycles. The molecular formula is C40H42O10. The maximum absolute atomic E-state index is 12.6. The van der Waals surface area contributed by atoms with E-state index in [-0.39, 0.29) is 25.4 Å². The van der Waals surface area contributed by atoms with Crippen molar-refractivity contribution in [1.82, 2.24) is 0 Å². The van der Waals surface area contributed by atoms with E-state index in [0.29, 0.717) is 25.4 Å². The number of hydrogen-bond acceptors (Lipinski definition) is 10. The van der Waals surface area contributed by atoms with E-state index in [9.17, 15) is 4.79 Å². The molecule has 9 atom stereocenters. The highest BCUT2D eigenvalue weighted by Gasteiger charge is 2.61. The molecule has 10 nitrogen and oxygen atoms in total. The molecule has 0 unspecified atom stereocenters. The molecule has 0 spiro atoms. The van der Waals surface area contributed by atoms with Crippen molar-refractivity contribution in [2.45, 2.75) is 75.1 Å². The van der Waals surface area contributed by atoms with Gasteiger partial charge in [0.1, 0.15) is 49.3 Å². The maximum atomic E-state index is 12.6. The van der Waals surface area contributed by atoms with Gasteiger partial charge in [0.25, 0.3) is 0 Å². The average molecular weight is 683 g/mol. The molecule has 3 aliphatic heterocycles. The largest absolute Gasteiger partial charge is 0.459 e. The molecule has 3 aliphatic rings. The highest BCUT2D eigenvalue weighted by molar-refractivity contribution is 5.89. The molecular weight excluding hydrogens is 640 g/mol. The fraction of sp³-hybridized carbons (Fsp3) is 0.375. The number of carbonyl (C=O) groups excluding carboxylic acids is 1. The van der Waals surface area contributed by atoms with Gasteiger partial charge in [-0.15, -0.1) is 0 Å². The summed E-state index contributed by atoms with van der Waals surface area (Å²) in [6.45, 7) is 1.22. The molecule has 0 bridgehead atoms. The minimum atomic E-state index is -0.774. The van der Waals surface area contributed by atoms with Gasteiger partial charge in [0, 0.05) is 7.11 Å². The second-order valence-electron chi connectivity index (χ2n) is 12.5. The van der Waals surface area contributed by atoms with E-state index in [4.69, 9.17) is 42.6 Å². The quantitative estimate of drug-likeness (QED) is 0.112. The predicted molar refractivity (Wildman–Crippen MR) is 181 cm³/mol. The molecule has 4 aromatic carbocycles. The van der Waals surface area contributed by atoms with Crippen molar-refractivity contribution in [1.29, 1.82) is 0 Å². The summed E-state index contributed by atoms with van der Waals surface area (Å²) in [5, 5.41) is 0. The highest BCUT2D eigenvalue weighted by Crippen LogP contribution is 2.42. The first-order valence-corrected chi connectivity index (χ1v) is 17.0. The van der Waals surface area contributed by atoms with Gasteiger partial charge in [0.05, 0.1) is 32.0 Å². The number of methoxy groups -OCH3 is 1. The third-order valence-electron chi connectivity index (χ3n) is 8.97. The molecule has 10 heteroatoms. The Hall–Kier alpha value is -3.97. The fourth-order valence-corrected chi connectivity index (χ4v) is 6.33. The number of hydrogen-bond donors (Lipinski definition) is 0. The molecule has 262 valence electrons. The Morgan fingerprint density at radius 3 is 1.70 bits per heavy atom. The first-order chi connectivity index (χ1) is 24.7. The van der Waals surface area contributed by atoms with Crippen LogP contribution in [0, 0.1) is 0 Å². The van der Waals surface area contributed by atoms with Gasteiger partial charge in [-0.2, -0.15) is 0 Å². The lowest BCUT2D eigenvalue weighted by molar-refractivity contribution is -0.341. The van der Waals surface area contributed by atoms with Crippen molar-refractivity contribution in [2.75, 3.05) is 20.3 Å². The molecule has 0 saturated carbocycles. The van der Waals surface area contributed by atoms with Gasteiger partial charge in [-0.1, -0.05) is 109 Å². The van der Waals surface area contributed by atoms with Crippen LogP contribution in [0.4, 0.5) is 0 Å². The fourth-order valence-electron chi connectivity index (χ4n) is 6.33. The molecule has 7 rings (SSSR count). The van der Waals surface area contributed by atoms with Crippen LogP contribution < -0.4 is 0 Å². The van der Waals surface area contributed by atoms with Crippen LogP contribution in [-0.2, 0) is 62.5 Å². The van der Waals surface area contributed by atoms with Crippen molar-refractivity contribution in [3.63, 3.8) is 0 Å². The summed E-state index contributed by atoms with van der Waals surface area (Å²) in [6, 6.07) is 38.6. The molecule has 4 aromatic rings. The molecule has 0 N–H and O–H groups in total. The molecule has 0 radical (unpaired) electrons. The van der Waals surface area contributed by atoms with Gasteiger partial charge in [-0.3, -0.25) is 0 Å². The molecule has 3 fully saturated rings. The monoisotopic (exact) mass is 682 g/mol. The highest BCUT2D eigenvalue weighted by atomic mass is 16.8. The van der Waals surface area contributed by atoms with Gasteiger partial charge in [-0.05, 0) is 28.8 Å². The summed E-state index contributed by atoms with van der Waals surface area (Å²) in [5.41, 5.74) is 3.49. The van der Waals surface area contributed by atoms with Crippen molar-refractivity contribution in [3.8, 4) is 0 Å². The summed E-state index contributed by atoms with van der Waals surface area (Å²) in [6.07, 6.45) is -5.26. The molecule has 50 heavy (non-hydrogen) atoms. The van der Waals surface area contributed by atoms with Gasteiger partial charge in [-0.25, -0.2) is 4.79 Å². The SMILES string of the molecule is CO[C@H]1O[C@H](COCc2ccccc2)[C@@H](O[C@H]2O[C@H](COC(=O)c3ccccc3)[C@H]3O[C@@H]23)[C@H](OCc2ccccc2)[C@H]1OCc1ccccc1. The predicted octanol–water partition coefficient (Wildman–Crippen LogP) is 5.48. The summed E-state index contributed by atoms with van der Waals surface area (Å²) in [5.74, 6) is -0.425. The van der Waals surface area contributed by atoms with Crippen LogP contribution >= 0.6 is 0 Å². The Bertz CT molecular complexity index is 1610. The van der Waals surface area contributed by atoms with E-state index in [1.54, 1.807) is 31.4 Å². The van der Waals surface area contributed by atoms with Crippen LogP contribution in [0.3, 0.4) is 0 Å². The zero-order chi connectivity index (χ0) is 34.1. The third-order valence-corrected chi connectivity index (χ3v) is 8.97. The second-order valence-corrected chi connectivity index (χ2v) is 12.5. The number of esters is 1. The Labute approximate surface area is 292 Å². The topological polar surface area (TPSA) is 103 Å². The van der Waals surface area contributed by atoms with Crippen LogP contribution in [-0.4, -0.2) is 81.6 Å². The zero-order valence-corrected chi connectivity index (χ0v) is 27.9. The van der Waals surface area contributed by atoms with E-state index in [2.05, 4.69) is 0 Å². The Balaban J connectivity index is 1.10. The van der Waals surface area contributed by atoms with E-state index in [1.165, 1.54) is 0 Å². The Morgan fingerprint density at radius 1 is 0.560 bits per heavy atom. The maximum Gasteiger partial charge on any atom is 0.338 e. The van der Waals surface area contributed by atoms with E-state index in [1.807, 2.05) is 97.1 Å². The van der Waals surface area contributed by atoms with Crippen LogP contribution in [0.15, 0.2) is 121 Å². The molecule has 3 saturated heterocycles. The van der Waals surface area contributed by atoms with Crippen LogP contribution in [0.25, 0.3) is 0 Å². The number of fused-ring (bicyclic) bond motifs is 1. The lowest BCUT2D eigenvalue weighted by Gasteiger charge is -2.46. The smallest absolute Gasteiger partial charge is 0.338 e. The van der Waals surface area contributed by atoms with Crippen molar-refractivity contribution >= 4 is 5.97 Å². The lowest BCUT2D eigenvalue weighted by atomic mass is 9.97. The van der Waals surface area contributed by atoms with E-state index >= 15 is 0 Å². The van der Waals surface area contributed by atoms with E-state index < -0.39 is 49.1 Å². The summed E-state index contributed by atoms with van der Waals surface area (Å²) < 4.78 is 56.5. The van der Waals surface area contributed by atoms with Gasteiger partial charge in [0.15, 0.2) is 12.6 Å². The molecule has 3 heterocycles. The van der Waals surface area contributed by atoms with Gasteiger partial charge < -0.3 is 42.6 Å². The standard InChI is InChI=1S/C40H42O10/c1-42-39-36(45-24-29-18-10-4-11-19-29)35(44-23-28-16-8-3-9-17-28)33(31(47-39)25-43-22-27-14-6-2-7-15-27)50-40-37-34(49-37)32(48-40)26-46-38(41)30-20-12-5-13-21-30/h2-21,31-37,39-40H,22-26H2,1H3/t31-,32-,33-,34-,35+,36-,37-,39+,40-/m1/s1. The van der Waals surface area contributed by atoms with E-state index in [0.717, 1.165) is 16.7 Å². The van der Waals surface area contributed by atoms with Gasteiger partial charge in [0.2, 0.25) is 0 Å². The first-order valence-electron chi connectivity index (χ1n) is 17.0. The summed E-state index contributed by atoms with van der Waals surface area (Å²) in [4.78, 5) is 12.6. The summed E-state index contributed by atoms with van der Waals surface area (Å²) >= 11 is 0. The summed E-state index contributed by atoms with van der Waals surface area (Å²) in [7, 11) is 1.59. The minimum Gasteiger partial charge on any atom is -0.459 e.